The van der Waals surface area contributed by atoms with Crippen LogP contribution in [-0.2, 0) is 17.6 Å². The van der Waals surface area contributed by atoms with Gasteiger partial charge in [-0.2, -0.15) is 0 Å². The molecule has 0 bridgehead atoms. The van der Waals surface area contributed by atoms with Crippen LogP contribution >= 0.6 is 11.3 Å². The molecule has 0 aliphatic carbocycles. The van der Waals surface area contributed by atoms with E-state index in [1.807, 2.05) is 25.3 Å². The van der Waals surface area contributed by atoms with Crippen LogP contribution in [0.1, 0.15) is 35.3 Å². The molecule has 0 fully saturated rings. The molecule has 0 aliphatic rings. The second-order valence-electron chi connectivity index (χ2n) is 4.73. The molecule has 0 aliphatic heterocycles. The highest BCUT2D eigenvalue weighted by Crippen LogP contribution is 2.20. The van der Waals surface area contributed by atoms with Gasteiger partial charge in [0.1, 0.15) is 5.01 Å². The Morgan fingerprint density at radius 2 is 2.10 bits per heavy atom. The zero-order valence-corrected chi connectivity index (χ0v) is 12.5. The van der Waals surface area contributed by atoms with Gasteiger partial charge in [0.15, 0.2) is 0 Å². The molecule has 3 N–H and O–H groups in total. The fourth-order valence-electron chi connectivity index (χ4n) is 1.86. The van der Waals surface area contributed by atoms with E-state index in [2.05, 4.69) is 17.2 Å². The van der Waals surface area contributed by atoms with E-state index in [1.54, 1.807) is 23.5 Å². The second-order valence-corrected chi connectivity index (χ2v) is 5.87. The van der Waals surface area contributed by atoms with Crippen LogP contribution in [0.4, 0.5) is 5.69 Å². The number of nitrogen functional groups attached to an aromatic ring is 1. The first-order valence-corrected chi connectivity index (χ1v) is 7.48. The summed E-state index contributed by atoms with van der Waals surface area (Å²) in [6, 6.07) is 7.30. The Hall–Kier alpha value is -1.88. The summed E-state index contributed by atoms with van der Waals surface area (Å²) in [5.41, 5.74) is 7.28. The molecule has 1 atom stereocenters. The minimum atomic E-state index is -0.0541. The zero-order chi connectivity index (χ0) is 14.5. The fraction of sp³-hybridized carbons (Fsp3) is 0.333. The van der Waals surface area contributed by atoms with Crippen LogP contribution in [0.3, 0.4) is 0 Å². The largest absolute Gasteiger partial charge is 0.399 e. The molecule has 1 aromatic carbocycles. The molecule has 2 aromatic rings. The fourth-order valence-corrected chi connectivity index (χ4v) is 2.72. The molecule has 2 rings (SSSR count). The average molecular weight is 289 g/mol. The van der Waals surface area contributed by atoms with E-state index in [0.717, 1.165) is 17.0 Å². The highest BCUT2D eigenvalue weighted by Gasteiger charge is 2.13. The van der Waals surface area contributed by atoms with Gasteiger partial charge in [0.2, 0.25) is 5.91 Å². The van der Waals surface area contributed by atoms with E-state index in [1.165, 1.54) is 4.88 Å². The quantitative estimate of drug-likeness (QED) is 0.832. The van der Waals surface area contributed by atoms with Gasteiger partial charge in [0, 0.05) is 16.8 Å². The Morgan fingerprint density at radius 3 is 2.70 bits per heavy atom. The molecule has 0 spiro atoms. The molecule has 20 heavy (non-hydrogen) atoms. The van der Waals surface area contributed by atoms with Crippen molar-refractivity contribution in [2.45, 2.75) is 32.7 Å². The Labute approximate surface area is 123 Å². The van der Waals surface area contributed by atoms with Crippen molar-refractivity contribution in [2.24, 2.45) is 0 Å². The number of hydrogen-bond acceptors (Lipinski definition) is 4. The maximum Gasteiger partial charge on any atom is 0.224 e. The van der Waals surface area contributed by atoms with Crippen molar-refractivity contribution in [3.8, 4) is 0 Å². The second kappa shape index (κ2) is 6.52. The number of amides is 1. The predicted octanol–water partition coefficient (Wildman–Crippen LogP) is 2.71. The van der Waals surface area contributed by atoms with Crippen LogP contribution in [0.15, 0.2) is 30.5 Å². The van der Waals surface area contributed by atoms with Gasteiger partial charge in [0.05, 0.1) is 12.5 Å². The minimum Gasteiger partial charge on any atom is -0.399 e. The molecule has 106 valence electrons. The third kappa shape index (κ3) is 3.81. The summed E-state index contributed by atoms with van der Waals surface area (Å²) < 4.78 is 0. The summed E-state index contributed by atoms with van der Waals surface area (Å²) in [5, 5.41) is 3.93. The number of rotatable bonds is 5. The topological polar surface area (TPSA) is 68.0 Å². The third-order valence-corrected chi connectivity index (χ3v) is 4.34. The number of benzene rings is 1. The molecular weight excluding hydrogens is 270 g/mol. The summed E-state index contributed by atoms with van der Waals surface area (Å²) in [5.74, 6) is -0.00415. The normalized spacial score (nSPS) is 12.1. The molecule has 5 heteroatoms. The molecule has 0 saturated carbocycles. The lowest BCUT2D eigenvalue weighted by molar-refractivity contribution is -0.121. The number of anilines is 1. The van der Waals surface area contributed by atoms with Crippen LogP contribution < -0.4 is 11.1 Å². The van der Waals surface area contributed by atoms with E-state index in [-0.39, 0.29) is 11.9 Å². The van der Waals surface area contributed by atoms with E-state index in [9.17, 15) is 4.79 Å². The number of carbonyl (C=O) groups is 1. The SMILES string of the molecule is CCc1cnc(C(C)NC(=O)Cc2ccc(N)cc2)s1. The molecule has 1 unspecified atom stereocenters. The molecule has 1 heterocycles. The summed E-state index contributed by atoms with van der Waals surface area (Å²) >= 11 is 1.65. The first-order chi connectivity index (χ1) is 9.58. The smallest absolute Gasteiger partial charge is 0.224 e. The van der Waals surface area contributed by atoms with E-state index < -0.39 is 0 Å². The van der Waals surface area contributed by atoms with Crippen LogP contribution in [0.25, 0.3) is 0 Å². The molecule has 4 nitrogen and oxygen atoms in total. The monoisotopic (exact) mass is 289 g/mol. The first-order valence-electron chi connectivity index (χ1n) is 6.67. The van der Waals surface area contributed by atoms with Crippen molar-refractivity contribution in [1.82, 2.24) is 10.3 Å². The molecule has 0 radical (unpaired) electrons. The highest BCUT2D eigenvalue weighted by molar-refractivity contribution is 7.11. The third-order valence-electron chi connectivity index (χ3n) is 3.01. The van der Waals surface area contributed by atoms with Crippen molar-refractivity contribution < 1.29 is 4.79 Å². The van der Waals surface area contributed by atoms with E-state index in [4.69, 9.17) is 5.73 Å². The lowest BCUT2D eigenvalue weighted by atomic mass is 10.1. The van der Waals surface area contributed by atoms with Gasteiger partial charge in [-0.25, -0.2) is 4.98 Å². The highest BCUT2D eigenvalue weighted by atomic mass is 32.1. The van der Waals surface area contributed by atoms with Crippen LogP contribution in [0.2, 0.25) is 0 Å². The van der Waals surface area contributed by atoms with Crippen molar-refractivity contribution in [2.75, 3.05) is 5.73 Å². The van der Waals surface area contributed by atoms with Gasteiger partial charge in [-0.05, 0) is 31.0 Å². The lowest BCUT2D eigenvalue weighted by Gasteiger charge is -2.11. The lowest BCUT2D eigenvalue weighted by Crippen LogP contribution is -2.28. The number of carbonyl (C=O) groups excluding carboxylic acids is 1. The minimum absolute atomic E-state index is 0.00415. The predicted molar refractivity (Wildman–Crippen MR) is 82.6 cm³/mol. The summed E-state index contributed by atoms with van der Waals surface area (Å²) in [6.45, 7) is 4.06. The maximum atomic E-state index is 12.0. The van der Waals surface area contributed by atoms with Crippen molar-refractivity contribution >= 4 is 22.9 Å². The zero-order valence-electron chi connectivity index (χ0n) is 11.7. The summed E-state index contributed by atoms with van der Waals surface area (Å²) in [7, 11) is 0. The first kappa shape index (κ1) is 14.5. The van der Waals surface area contributed by atoms with Crippen LogP contribution in [0.5, 0.6) is 0 Å². The summed E-state index contributed by atoms with van der Waals surface area (Å²) in [4.78, 5) is 17.6. The Morgan fingerprint density at radius 1 is 1.40 bits per heavy atom. The standard InChI is InChI=1S/C15H19N3OS/c1-3-13-9-17-15(20-13)10(2)18-14(19)8-11-4-6-12(16)7-5-11/h4-7,9-10H,3,8,16H2,1-2H3,(H,18,19). The number of hydrogen-bond donors (Lipinski definition) is 2. The van der Waals surface area contributed by atoms with Gasteiger partial charge in [0.25, 0.3) is 0 Å². The average Bonchev–Trinajstić information content (AvgIpc) is 2.90. The van der Waals surface area contributed by atoms with Crippen LogP contribution in [0, 0.1) is 0 Å². The molecule has 0 saturated heterocycles. The number of aryl methyl sites for hydroxylation is 1. The number of nitrogens with one attached hydrogen (secondary N) is 1. The Kier molecular flexibility index (Phi) is 4.74. The van der Waals surface area contributed by atoms with Crippen molar-refractivity contribution in [3.63, 3.8) is 0 Å². The van der Waals surface area contributed by atoms with Gasteiger partial charge in [-0.3, -0.25) is 4.79 Å². The molecular formula is C15H19N3OS. The molecule has 1 amide bonds. The Bertz CT molecular complexity index is 577. The summed E-state index contributed by atoms with van der Waals surface area (Å²) in [6.07, 6.45) is 3.21. The van der Waals surface area contributed by atoms with Gasteiger partial charge in [-0.1, -0.05) is 19.1 Å². The number of aromatic nitrogens is 1. The Balaban J connectivity index is 1.92. The number of nitrogens with two attached hydrogens (primary N) is 1. The molecule has 1 aromatic heterocycles. The van der Waals surface area contributed by atoms with E-state index >= 15 is 0 Å². The van der Waals surface area contributed by atoms with Crippen molar-refractivity contribution in [1.29, 1.82) is 0 Å². The van der Waals surface area contributed by atoms with Gasteiger partial charge >= 0.3 is 0 Å². The van der Waals surface area contributed by atoms with Crippen molar-refractivity contribution in [3.05, 3.63) is 45.9 Å². The maximum absolute atomic E-state index is 12.0. The van der Waals surface area contributed by atoms with Crippen LogP contribution in [-0.4, -0.2) is 10.9 Å². The van der Waals surface area contributed by atoms with Gasteiger partial charge in [-0.15, -0.1) is 11.3 Å². The van der Waals surface area contributed by atoms with Gasteiger partial charge < -0.3 is 11.1 Å². The number of nitrogens with zero attached hydrogens (tertiary/aromatic N) is 1. The van der Waals surface area contributed by atoms with E-state index in [0.29, 0.717) is 12.1 Å². The number of thiazole rings is 1.